The van der Waals surface area contributed by atoms with Gasteiger partial charge in [-0.1, -0.05) is 29.3 Å². The van der Waals surface area contributed by atoms with E-state index in [0.717, 1.165) is 16.3 Å². The second-order valence-electron chi connectivity index (χ2n) is 3.85. The first-order valence-corrected chi connectivity index (χ1v) is 7.22. The summed E-state index contributed by atoms with van der Waals surface area (Å²) in [7, 11) is 3.16. The molecule has 2 rings (SSSR count). The maximum Gasteiger partial charge on any atom is 0.201 e. The average Bonchev–Trinajstić information content (AvgIpc) is 2.84. The summed E-state index contributed by atoms with van der Waals surface area (Å²) in [5.41, 5.74) is 1.64. The van der Waals surface area contributed by atoms with Gasteiger partial charge in [-0.05, 0) is 17.7 Å². The Morgan fingerprint density at radius 1 is 1.21 bits per heavy atom. The van der Waals surface area contributed by atoms with Crippen molar-refractivity contribution < 1.29 is 9.47 Å². The molecule has 19 heavy (non-hydrogen) atoms. The highest BCUT2D eigenvalue weighted by atomic mass is 35.5. The van der Waals surface area contributed by atoms with Crippen molar-refractivity contribution in [1.29, 1.82) is 0 Å². The van der Waals surface area contributed by atoms with Crippen LogP contribution in [0.2, 0.25) is 10.0 Å². The number of methoxy groups -OCH3 is 2. The van der Waals surface area contributed by atoms with Crippen molar-refractivity contribution in [2.45, 2.75) is 12.7 Å². The zero-order chi connectivity index (χ0) is 13.8. The number of thiazole rings is 1. The summed E-state index contributed by atoms with van der Waals surface area (Å²) >= 11 is 13.8. The molecule has 1 heterocycles. The Morgan fingerprint density at radius 2 is 1.84 bits per heavy atom. The van der Waals surface area contributed by atoms with E-state index in [4.69, 9.17) is 32.7 Å². The summed E-state index contributed by atoms with van der Waals surface area (Å²) in [5, 5.41) is 4.14. The number of hydrogen-bond acceptors (Lipinski definition) is 4. The van der Waals surface area contributed by atoms with E-state index in [-0.39, 0.29) is 0 Å². The molecule has 0 radical (unpaired) electrons. The molecule has 0 fully saturated rings. The topological polar surface area (TPSA) is 31.4 Å². The van der Waals surface area contributed by atoms with E-state index in [9.17, 15) is 0 Å². The van der Waals surface area contributed by atoms with Crippen molar-refractivity contribution in [1.82, 2.24) is 4.98 Å². The molecule has 0 amide bonds. The number of halogens is 2. The van der Waals surface area contributed by atoms with Crippen LogP contribution < -0.4 is 0 Å². The zero-order valence-electron chi connectivity index (χ0n) is 10.5. The van der Waals surface area contributed by atoms with Gasteiger partial charge in [0.25, 0.3) is 0 Å². The highest BCUT2D eigenvalue weighted by Gasteiger charge is 2.15. The third-order valence-corrected chi connectivity index (χ3v) is 4.20. The molecule has 6 heteroatoms. The molecule has 0 saturated heterocycles. The van der Waals surface area contributed by atoms with Crippen molar-refractivity contribution in [3.63, 3.8) is 0 Å². The number of rotatable bonds is 5. The van der Waals surface area contributed by atoms with E-state index >= 15 is 0 Å². The van der Waals surface area contributed by atoms with Crippen LogP contribution in [-0.2, 0) is 15.9 Å². The maximum atomic E-state index is 6.15. The van der Waals surface area contributed by atoms with Crippen molar-refractivity contribution in [3.05, 3.63) is 49.9 Å². The molecule has 0 bridgehead atoms. The molecule has 0 unspecified atom stereocenters. The number of ether oxygens (including phenoxy) is 2. The Morgan fingerprint density at radius 3 is 2.42 bits per heavy atom. The molecular formula is C13H13Cl2NO2S. The Balaban J connectivity index is 2.20. The van der Waals surface area contributed by atoms with Crippen molar-refractivity contribution >= 4 is 34.5 Å². The first-order valence-electron chi connectivity index (χ1n) is 5.58. The van der Waals surface area contributed by atoms with Crippen LogP contribution in [0.1, 0.15) is 22.6 Å². The number of hydrogen-bond donors (Lipinski definition) is 0. The van der Waals surface area contributed by atoms with Crippen LogP contribution in [0.15, 0.2) is 23.6 Å². The molecule has 0 aliphatic rings. The smallest absolute Gasteiger partial charge is 0.201 e. The van der Waals surface area contributed by atoms with Crippen molar-refractivity contribution in [2.24, 2.45) is 0 Å². The lowest BCUT2D eigenvalue weighted by Gasteiger charge is -2.09. The second kappa shape index (κ2) is 6.68. The fourth-order valence-electron chi connectivity index (χ4n) is 1.70. The lowest BCUT2D eigenvalue weighted by atomic mass is 10.1. The zero-order valence-corrected chi connectivity index (χ0v) is 12.9. The minimum atomic E-state index is -0.438. The molecule has 1 aromatic carbocycles. The van der Waals surface area contributed by atoms with Crippen LogP contribution in [0.4, 0.5) is 0 Å². The molecule has 0 N–H and O–H groups in total. The fourth-order valence-corrected chi connectivity index (χ4v) is 3.04. The largest absolute Gasteiger partial charge is 0.350 e. The van der Waals surface area contributed by atoms with Gasteiger partial charge in [0, 0.05) is 36.1 Å². The van der Waals surface area contributed by atoms with Crippen LogP contribution in [0, 0.1) is 0 Å². The van der Waals surface area contributed by atoms with Gasteiger partial charge in [-0.15, -0.1) is 11.3 Å². The van der Waals surface area contributed by atoms with E-state index in [0.29, 0.717) is 16.5 Å². The Kier molecular flexibility index (Phi) is 5.19. The minimum Gasteiger partial charge on any atom is -0.350 e. The lowest BCUT2D eigenvalue weighted by molar-refractivity contribution is -0.108. The number of nitrogens with zero attached hydrogens (tertiary/aromatic N) is 1. The van der Waals surface area contributed by atoms with Gasteiger partial charge >= 0.3 is 0 Å². The van der Waals surface area contributed by atoms with Gasteiger partial charge in [-0.25, -0.2) is 4.98 Å². The molecule has 0 atom stereocenters. The lowest BCUT2D eigenvalue weighted by Crippen LogP contribution is -2.04. The summed E-state index contributed by atoms with van der Waals surface area (Å²) in [4.78, 5) is 4.48. The average molecular weight is 318 g/mol. The quantitative estimate of drug-likeness (QED) is 0.769. The molecule has 1 aromatic heterocycles. The van der Waals surface area contributed by atoms with Crippen LogP contribution in [0.3, 0.4) is 0 Å². The third-order valence-electron chi connectivity index (χ3n) is 2.63. The summed E-state index contributed by atoms with van der Waals surface area (Å²) in [6.45, 7) is 0. The van der Waals surface area contributed by atoms with Crippen LogP contribution in [0.25, 0.3) is 0 Å². The fraction of sp³-hybridized carbons (Fsp3) is 0.308. The molecule has 3 nitrogen and oxygen atoms in total. The number of aromatic nitrogens is 1. The van der Waals surface area contributed by atoms with Gasteiger partial charge in [0.05, 0.1) is 5.01 Å². The van der Waals surface area contributed by atoms with E-state index < -0.39 is 6.29 Å². The number of benzene rings is 1. The van der Waals surface area contributed by atoms with Crippen LogP contribution >= 0.6 is 34.5 Å². The Labute approximate surface area is 126 Å². The van der Waals surface area contributed by atoms with E-state index in [2.05, 4.69) is 4.98 Å². The van der Waals surface area contributed by atoms with Crippen LogP contribution in [0.5, 0.6) is 0 Å². The molecular weight excluding hydrogens is 305 g/mol. The summed E-state index contributed by atoms with van der Waals surface area (Å²) in [6, 6.07) is 5.47. The highest BCUT2D eigenvalue weighted by Crippen LogP contribution is 2.29. The summed E-state index contributed by atoms with van der Waals surface area (Å²) in [6.07, 6.45) is 0.162. The van der Waals surface area contributed by atoms with E-state index in [1.54, 1.807) is 14.2 Å². The predicted molar refractivity (Wildman–Crippen MR) is 78.1 cm³/mol. The predicted octanol–water partition coefficient (Wildman–Crippen LogP) is 4.33. The van der Waals surface area contributed by atoms with E-state index in [1.807, 2.05) is 23.6 Å². The van der Waals surface area contributed by atoms with Gasteiger partial charge in [0.15, 0.2) is 0 Å². The molecule has 102 valence electrons. The Hall–Kier alpha value is -0.650. The first-order chi connectivity index (χ1) is 9.15. The van der Waals surface area contributed by atoms with Gasteiger partial charge in [0.1, 0.15) is 5.69 Å². The SMILES string of the molecule is COC(OC)c1csc(Cc2c(Cl)cccc2Cl)n1. The highest BCUT2D eigenvalue weighted by molar-refractivity contribution is 7.09. The van der Waals surface area contributed by atoms with E-state index in [1.165, 1.54) is 11.3 Å². The molecule has 0 aliphatic carbocycles. The standard InChI is InChI=1S/C13H13Cl2NO2S/c1-17-13(18-2)11-7-19-12(16-11)6-8-9(14)4-3-5-10(8)15/h3-5,7,13H,6H2,1-2H3. The van der Waals surface area contributed by atoms with Gasteiger partial charge in [0.2, 0.25) is 6.29 Å². The van der Waals surface area contributed by atoms with Gasteiger partial charge in [-0.3, -0.25) is 0 Å². The van der Waals surface area contributed by atoms with Crippen LogP contribution in [-0.4, -0.2) is 19.2 Å². The van der Waals surface area contributed by atoms with Crippen molar-refractivity contribution in [3.8, 4) is 0 Å². The monoisotopic (exact) mass is 317 g/mol. The van der Waals surface area contributed by atoms with Crippen molar-refractivity contribution in [2.75, 3.05) is 14.2 Å². The molecule has 0 spiro atoms. The third kappa shape index (κ3) is 3.46. The normalized spacial score (nSPS) is 11.2. The summed E-state index contributed by atoms with van der Waals surface area (Å²) in [5.74, 6) is 0. The molecule has 2 aromatic rings. The Bertz CT molecular complexity index is 535. The molecule has 0 aliphatic heterocycles. The first kappa shape index (κ1) is 14.8. The van der Waals surface area contributed by atoms with Gasteiger partial charge < -0.3 is 9.47 Å². The second-order valence-corrected chi connectivity index (χ2v) is 5.60. The minimum absolute atomic E-state index is 0.438. The van der Waals surface area contributed by atoms with Gasteiger partial charge in [-0.2, -0.15) is 0 Å². The summed E-state index contributed by atoms with van der Waals surface area (Å²) < 4.78 is 10.3. The maximum absolute atomic E-state index is 6.15. The molecule has 0 saturated carbocycles.